The van der Waals surface area contributed by atoms with Crippen LogP contribution in [0.3, 0.4) is 0 Å². The van der Waals surface area contributed by atoms with E-state index >= 15 is 0 Å². The largest absolute Gasteiger partial charge is 0.303 e. The maximum absolute atomic E-state index is 9.40. The minimum Gasteiger partial charge on any atom is -0.303 e. The molecule has 0 unspecified atom stereocenters. The van der Waals surface area contributed by atoms with Crippen molar-refractivity contribution >= 4 is 6.29 Å². The number of unbranched alkanes of at least 4 members (excludes halogenated alkanes) is 1. The molecule has 0 saturated heterocycles. The Bertz CT molecular complexity index is 28.7. The standard InChI is InChI=1S/C4H8O.Au/c1-2-3-4-5;/h4H,2-3H2,1H3;. The van der Waals surface area contributed by atoms with Gasteiger partial charge < -0.3 is 4.79 Å². The molecule has 0 saturated carbocycles. The number of aldehydes is 1. The van der Waals surface area contributed by atoms with Crippen LogP contribution in [0.2, 0.25) is 0 Å². The molecule has 0 fully saturated rings. The Morgan fingerprint density at radius 1 is 1.67 bits per heavy atom. The van der Waals surface area contributed by atoms with Gasteiger partial charge in [0.05, 0.1) is 0 Å². The number of hydrogen-bond acceptors (Lipinski definition) is 1. The molecule has 0 aliphatic rings. The van der Waals surface area contributed by atoms with Crippen LogP contribution in [0.15, 0.2) is 0 Å². The van der Waals surface area contributed by atoms with Crippen molar-refractivity contribution in [2.75, 3.05) is 0 Å². The topological polar surface area (TPSA) is 17.1 Å². The molecule has 1 nitrogen and oxygen atoms in total. The zero-order valence-electron chi connectivity index (χ0n) is 3.70. The Labute approximate surface area is 53.6 Å². The molecule has 0 aliphatic heterocycles. The van der Waals surface area contributed by atoms with E-state index < -0.39 is 0 Å². The number of carbonyl (C=O) groups excluding carboxylic acids is 1. The minimum atomic E-state index is 0. The molecule has 1 radical (unpaired) electrons. The van der Waals surface area contributed by atoms with E-state index in [4.69, 9.17) is 0 Å². The van der Waals surface area contributed by atoms with Crippen LogP contribution in [0.25, 0.3) is 0 Å². The summed E-state index contributed by atoms with van der Waals surface area (Å²) < 4.78 is 0. The van der Waals surface area contributed by atoms with Crippen molar-refractivity contribution in [1.29, 1.82) is 0 Å². The van der Waals surface area contributed by atoms with Crippen molar-refractivity contribution in [3.63, 3.8) is 0 Å². The summed E-state index contributed by atoms with van der Waals surface area (Å²) in [6, 6.07) is 0. The third-order valence-electron chi connectivity index (χ3n) is 0.407. The fourth-order valence-electron chi connectivity index (χ4n) is 0.118. The number of hydrogen-bond donors (Lipinski definition) is 0. The van der Waals surface area contributed by atoms with Crippen molar-refractivity contribution in [1.82, 2.24) is 0 Å². The van der Waals surface area contributed by atoms with E-state index in [-0.39, 0.29) is 22.4 Å². The maximum Gasteiger partial charge on any atom is 0.119 e. The van der Waals surface area contributed by atoms with Gasteiger partial charge in [-0.15, -0.1) is 0 Å². The van der Waals surface area contributed by atoms with Crippen molar-refractivity contribution in [2.24, 2.45) is 0 Å². The summed E-state index contributed by atoms with van der Waals surface area (Å²) >= 11 is 0. The van der Waals surface area contributed by atoms with E-state index in [2.05, 4.69) is 0 Å². The molecule has 0 atom stereocenters. The molecule has 0 amide bonds. The van der Waals surface area contributed by atoms with Crippen molar-refractivity contribution in [3.05, 3.63) is 0 Å². The van der Waals surface area contributed by atoms with Crippen molar-refractivity contribution < 1.29 is 27.2 Å². The summed E-state index contributed by atoms with van der Waals surface area (Å²) in [5, 5.41) is 0. The molecule has 6 heavy (non-hydrogen) atoms. The SMILES string of the molecule is CCCC=O.[Au]. The molecule has 0 bridgehead atoms. The first-order chi connectivity index (χ1) is 2.41. The molecule has 0 spiro atoms. The Morgan fingerprint density at radius 2 is 2.17 bits per heavy atom. The summed E-state index contributed by atoms with van der Waals surface area (Å²) in [5.41, 5.74) is 0. The molecule has 0 aromatic rings. The fourth-order valence-corrected chi connectivity index (χ4v) is 0.118. The van der Waals surface area contributed by atoms with E-state index in [1.165, 1.54) is 0 Å². The summed E-state index contributed by atoms with van der Waals surface area (Å²) in [5.74, 6) is 0. The monoisotopic (exact) mass is 269 g/mol. The van der Waals surface area contributed by atoms with Gasteiger partial charge in [0.15, 0.2) is 0 Å². The van der Waals surface area contributed by atoms with Crippen LogP contribution >= 0.6 is 0 Å². The van der Waals surface area contributed by atoms with Gasteiger partial charge in [0.25, 0.3) is 0 Å². The van der Waals surface area contributed by atoms with Crippen LogP contribution in [0.1, 0.15) is 19.8 Å². The normalized spacial score (nSPS) is 6.17. The van der Waals surface area contributed by atoms with Crippen LogP contribution < -0.4 is 0 Å². The summed E-state index contributed by atoms with van der Waals surface area (Å²) in [6.07, 6.45) is 2.61. The Hall–Kier alpha value is 0.410. The van der Waals surface area contributed by atoms with Crippen LogP contribution in [0, 0.1) is 0 Å². The molecule has 0 aromatic heterocycles. The third-order valence-corrected chi connectivity index (χ3v) is 0.407. The van der Waals surface area contributed by atoms with Gasteiger partial charge in [-0.2, -0.15) is 0 Å². The van der Waals surface area contributed by atoms with Crippen molar-refractivity contribution in [3.8, 4) is 0 Å². The van der Waals surface area contributed by atoms with Gasteiger partial charge in [0, 0.05) is 28.8 Å². The predicted molar refractivity (Wildman–Crippen MR) is 21.0 cm³/mol. The molecule has 41 valence electrons. The maximum atomic E-state index is 9.40. The third kappa shape index (κ3) is 8.83. The van der Waals surface area contributed by atoms with Crippen LogP contribution in [0.4, 0.5) is 0 Å². The molecule has 0 heterocycles. The van der Waals surface area contributed by atoms with E-state index in [0.29, 0.717) is 6.42 Å². The molecular weight excluding hydrogens is 261 g/mol. The van der Waals surface area contributed by atoms with Gasteiger partial charge in [0.2, 0.25) is 0 Å². The zero-order valence-corrected chi connectivity index (χ0v) is 5.87. The smallest absolute Gasteiger partial charge is 0.119 e. The fraction of sp³-hybridized carbons (Fsp3) is 0.750. The first-order valence-electron chi connectivity index (χ1n) is 1.85. The van der Waals surface area contributed by atoms with Gasteiger partial charge in [-0.25, -0.2) is 0 Å². The second-order valence-corrected chi connectivity index (χ2v) is 0.955. The van der Waals surface area contributed by atoms with E-state index in [9.17, 15) is 4.79 Å². The average Bonchev–Trinajstić information content (AvgIpc) is 1.41. The van der Waals surface area contributed by atoms with Gasteiger partial charge in [0.1, 0.15) is 6.29 Å². The molecule has 0 aliphatic carbocycles. The van der Waals surface area contributed by atoms with Crippen LogP contribution in [-0.2, 0) is 27.2 Å². The average molecular weight is 269 g/mol. The minimum absolute atomic E-state index is 0. The molecule has 2 heteroatoms. The van der Waals surface area contributed by atoms with Gasteiger partial charge in [-0.05, 0) is 6.42 Å². The summed E-state index contributed by atoms with van der Waals surface area (Å²) in [6.45, 7) is 1.98. The van der Waals surface area contributed by atoms with Crippen molar-refractivity contribution in [2.45, 2.75) is 19.8 Å². The second-order valence-electron chi connectivity index (χ2n) is 0.955. The van der Waals surface area contributed by atoms with E-state index in [1.807, 2.05) is 6.92 Å². The first kappa shape index (κ1) is 9.65. The van der Waals surface area contributed by atoms with Gasteiger partial charge in [-0.1, -0.05) is 6.92 Å². The Morgan fingerprint density at radius 3 is 2.17 bits per heavy atom. The molecule has 0 aromatic carbocycles. The number of rotatable bonds is 2. The summed E-state index contributed by atoms with van der Waals surface area (Å²) in [4.78, 5) is 9.40. The quantitative estimate of drug-likeness (QED) is 0.539. The second kappa shape index (κ2) is 9.05. The van der Waals surface area contributed by atoms with Crippen LogP contribution in [0.5, 0.6) is 0 Å². The summed E-state index contributed by atoms with van der Waals surface area (Å²) in [7, 11) is 0. The predicted octanol–water partition coefficient (Wildman–Crippen LogP) is 0.983. The van der Waals surface area contributed by atoms with Gasteiger partial charge in [-0.3, -0.25) is 0 Å². The zero-order chi connectivity index (χ0) is 4.12. The van der Waals surface area contributed by atoms with E-state index in [0.717, 1.165) is 12.7 Å². The number of carbonyl (C=O) groups is 1. The Balaban J connectivity index is 0. The van der Waals surface area contributed by atoms with E-state index in [1.54, 1.807) is 0 Å². The van der Waals surface area contributed by atoms with Gasteiger partial charge >= 0.3 is 0 Å². The molecule has 0 rings (SSSR count). The Kier molecular flexibility index (Phi) is 14.5. The molecule has 0 N–H and O–H groups in total. The molecular formula is C4H8AuO. The van der Waals surface area contributed by atoms with Crippen LogP contribution in [-0.4, -0.2) is 6.29 Å². The first-order valence-corrected chi connectivity index (χ1v) is 1.85.